The predicted molar refractivity (Wildman–Crippen MR) is 151 cm³/mol. The Morgan fingerprint density at radius 2 is 1.58 bits per heavy atom. The van der Waals surface area contributed by atoms with Crippen LogP contribution in [0.5, 0.6) is 0 Å². The number of nitrogens with zero attached hydrogens (tertiary/aromatic N) is 4. The van der Waals surface area contributed by atoms with E-state index in [-0.39, 0.29) is 24.4 Å². The van der Waals surface area contributed by atoms with Crippen molar-refractivity contribution < 1.29 is 9.59 Å². The minimum atomic E-state index is -0.188. The summed E-state index contributed by atoms with van der Waals surface area (Å²) < 4.78 is 0. The standard InChI is InChI=1S/C30H26Cl2N4O2/c1-18-15-33-9-7-25(18)29(37)35(24-13-22(31)12-23(32)14-24)17-21-5-4-6-28-27(21)11-20(3)36(28)30(38)26-8-10-34-16-19(26)2/h4-10,12-16,20H,11,17H2,1-3H3. The van der Waals surface area contributed by atoms with E-state index in [1.807, 2.05) is 43.9 Å². The number of aromatic nitrogens is 2. The largest absolute Gasteiger partial charge is 0.305 e. The molecule has 0 N–H and O–H groups in total. The number of amides is 2. The molecule has 0 fully saturated rings. The number of benzene rings is 2. The van der Waals surface area contributed by atoms with Crippen molar-refractivity contribution in [3.8, 4) is 0 Å². The molecule has 0 radical (unpaired) electrons. The highest BCUT2D eigenvalue weighted by molar-refractivity contribution is 6.35. The molecule has 0 spiro atoms. The van der Waals surface area contributed by atoms with Gasteiger partial charge in [0, 0.05) is 63.4 Å². The highest BCUT2D eigenvalue weighted by Crippen LogP contribution is 2.37. The molecule has 1 aliphatic rings. The average molecular weight is 545 g/mol. The molecule has 0 saturated heterocycles. The molecule has 6 nitrogen and oxygen atoms in total. The Morgan fingerprint density at radius 3 is 2.21 bits per heavy atom. The number of halogens is 2. The third-order valence-electron chi connectivity index (χ3n) is 6.90. The van der Waals surface area contributed by atoms with Crippen LogP contribution in [0.15, 0.2) is 73.3 Å². The molecular formula is C30H26Cl2N4O2. The smallest absolute Gasteiger partial charge is 0.258 e. The van der Waals surface area contributed by atoms with Crippen LogP contribution in [0.3, 0.4) is 0 Å². The summed E-state index contributed by atoms with van der Waals surface area (Å²) in [6.07, 6.45) is 7.29. The van der Waals surface area contributed by atoms with Gasteiger partial charge in [-0.2, -0.15) is 0 Å². The van der Waals surface area contributed by atoms with Gasteiger partial charge < -0.3 is 9.80 Å². The second kappa shape index (κ2) is 10.6. The van der Waals surface area contributed by atoms with Crippen molar-refractivity contribution in [2.45, 2.75) is 39.8 Å². The first-order chi connectivity index (χ1) is 18.2. The van der Waals surface area contributed by atoms with Crippen molar-refractivity contribution in [1.29, 1.82) is 0 Å². The van der Waals surface area contributed by atoms with Gasteiger partial charge in [0.2, 0.25) is 0 Å². The van der Waals surface area contributed by atoms with E-state index in [0.29, 0.717) is 33.3 Å². The fraction of sp³-hybridized carbons (Fsp3) is 0.200. The molecule has 0 aliphatic carbocycles. The minimum Gasteiger partial charge on any atom is -0.305 e. The maximum atomic E-state index is 13.9. The number of hydrogen-bond donors (Lipinski definition) is 0. The van der Waals surface area contributed by atoms with Crippen LogP contribution < -0.4 is 9.80 Å². The first-order valence-electron chi connectivity index (χ1n) is 12.3. The normalized spacial score (nSPS) is 14.3. The fourth-order valence-corrected chi connectivity index (χ4v) is 5.53. The van der Waals surface area contributed by atoms with Crippen LogP contribution in [0, 0.1) is 13.8 Å². The number of pyridine rings is 2. The molecular weight excluding hydrogens is 519 g/mol. The lowest BCUT2D eigenvalue weighted by atomic mass is 10.0. The zero-order valence-electron chi connectivity index (χ0n) is 21.3. The average Bonchev–Trinajstić information content (AvgIpc) is 3.23. The summed E-state index contributed by atoms with van der Waals surface area (Å²) in [6.45, 7) is 6.07. The van der Waals surface area contributed by atoms with Crippen LogP contribution in [0.1, 0.15) is 49.9 Å². The molecule has 1 aliphatic heterocycles. The molecule has 5 rings (SSSR count). The topological polar surface area (TPSA) is 66.4 Å². The second-order valence-corrected chi connectivity index (χ2v) is 10.4. The summed E-state index contributed by atoms with van der Waals surface area (Å²) in [5.41, 5.74) is 6.21. The number of carbonyl (C=O) groups is 2. The number of fused-ring (bicyclic) bond motifs is 1. The van der Waals surface area contributed by atoms with Gasteiger partial charge in [-0.1, -0.05) is 35.3 Å². The van der Waals surface area contributed by atoms with Crippen molar-refractivity contribution in [3.05, 3.63) is 117 Å². The van der Waals surface area contributed by atoms with Gasteiger partial charge in [-0.15, -0.1) is 0 Å². The molecule has 3 heterocycles. The van der Waals surface area contributed by atoms with Crippen LogP contribution in [0.2, 0.25) is 10.0 Å². The summed E-state index contributed by atoms with van der Waals surface area (Å²) >= 11 is 12.7. The van der Waals surface area contributed by atoms with E-state index in [0.717, 1.165) is 27.9 Å². The maximum Gasteiger partial charge on any atom is 0.258 e. The van der Waals surface area contributed by atoms with Crippen LogP contribution in [0.25, 0.3) is 0 Å². The van der Waals surface area contributed by atoms with Crippen LogP contribution in [0.4, 0.5) is 11.4 Å². The Bertz CT molecular complexity index is 1540. The molecule has 1 unspecified atom stereocenters. The van der Waals surface area contributed by atoms with E-state index in [4.69, 9.17) is 23.2 Å². The zero-order chi connectivity index (χ0) is 27.0. The van der Waals surface area contributed by atoms with Crippen molar-refractivity contribution in [2.24, 2.45) is 0 Å². The summed E-state index contributed by atoms with van der Waals surface area (Å²) in [5.74, 6) is -0.248. The lowest BCUT2D eigenvalue weighted by molar-refractivity contribution is 0.0974. The first kappa shape index (κ1) is 25.9. The third-order valence-corrected chi connectivity index (χ3v) is 7.34. The number of carbonyl (C=O) groups excluding carboxylic acids is 2. The Morgan fingerprint density at radius 1 is 0.947 bits per heavy atom. The molecule has 8 heteroatoms. The van der Waals surface area contributed by atoms with Crippen molar-refractivity contribution >= 4 is 46.4 Å². The SMILES string of the molecule is Cc1cnccc1C(=O)N(Cc1cccc2c1CC(C)N2C(=O)c1ccncc1C)c1cc(Cl)cc(Cl)c1. The van der Waals surface area contributed by atoms with Gasteiger partial charge in [-0.05, 0) is 85.8 Å². The summed E-state index contributed by atoms with van der Waals surface area (Å²) in [4.78, 5) is 39.3. The number of aryl methyl sites for hydroxylation is 2. The molecule has 4 aromatic rings. The molecule has 0 bridgehead atoms. The molecule has 1 atom stereocenters. The van der Waals surface area contributed by atoms with Crippen LogP contribution in [-0.2, 0) is 13.0 Å². The molecule has 2 aromatic heterocycles. The van der Waals surface area contributed by atoms with E-state index in [2.05, 4.69) is 9.97 Å². The molecule has 2 amide bonds. The Balaban J connectivity index is 1.56. The summed E-state index contributed by atoms with van der Waals surface area (Å²) in [7, 11) is 0. The van der Waals surface area contributed by atoms with Gasteiger partial charge in [0.1, 0.15) is 0 Å². The number of anilines is 2. The van der Waals surface area contributed by atoms with E-state index >= 15 is 0 Å². The van der Waals surface area contributed by atoms with E-state index in [1.54, 1.807) is 60.0 Å². The van der Waals surface area contributed by atoms with Gasteiger partial charge in [0.05, 0.1) is 6.54 Å². The molecule has 38 heavy (non-hydrogen) atoms. The number of hydrogen-bond acceptors (Lipinski definition) is 4. The van der Waals surface area contributed by atoms with E-state index in [9.17, 15) is 9.59 Å². The quantitative estimate of drug-likeness (QED) is 0.276. The monoisotopic (exact) mass is 544 g/mol. The van der Waals surface area contributed by atoms with Gasteiger partial charge in [0.15, 0.2) is 0 Å². The second-order valence-electron chi connectivity index (χ2n) is 9.54. The van der Waals surface area contributed by atoms with Crippen molar-refractivity contribution in [2.75, 3.05) is 9.80 Å². The fourth-order valence-electron chi connectivity index (χ4n) is 5.01. The minimum absolute atomic E-state index is 0.0431. The lowest BCUT2D eigenvalue weighted by Gasteiger charge is -2.26. The highest BCUT2D eigenvalue weighted by atomic mass is 35.5. The van der Waals surface area contributed by atoms with Gasteiger partial charge in [-0.25, -0.2) is 0 Å². The molecule has 192 valence electrons. The van der Waals surface area contributed by atoms with Gasteiger partial charge in [0.25, 0.3) is 11.8 Å². The van der Waals surface area contributed by atoms with E-state index < -0.39 is 0 Å². The Kier molecular flexibility index (Phi) is 7.19. The Labute approximate surface area is 231 Å². The lowest BCUT2D eigenvalue weighted by Crippen LogP contribution is -2.36. The van der Waals surface area contributed by atoms with E-state index in [1.165, 1.54) is 0 Å². The summed E-state index contributed by atoms with van der Waals surface area (Å²) in [5, 5.41) is 0.876. The molecule has 0 saturated carbocycles. The predicted octanol–water partition coefficient (Wildman–Crippen LogP) is 6.84. The van der Waals surface area contributed by atoms with Gasteiger partial charge in [-0.3, -0.25) is 19.6 Å². The van der Waals surface area contributed by atoms with Crippen molar-refractivity contribution in [3.63, 3.8) is 0 Å². The Hall–Kier alpha value is -3.74. The summed E-state index contributed by atoms with van der Waals surface area (Å²) in [6, 6.07) is 14.4. The highest BCUT2D eigenvalue weighted by Gasteiger charge is 2.34. The maximum absolute atomic E-state index is 13.9. The zero-order valence-corrected chi connectivity index (χ0v) is 22.8. The van der Waals surface area contributed by atoms with Crippen LogP contribution in [-0.4, -0.2) is 27.8 Å². The molecule has 2 aromatic carbocycles. The van der Waals surface area contributed by atoms with Crippen LogP contribution >= 0.6 is 23.2 Å². The number of rotatable bonds is 5. The third kappa shape index (κ3) is 4.89. The van der Waals surface area contributed by atoms with Gasteiger partial charge >= 0.3 is 0 Å². The first-order valence-corrected chi connectivity index (χ1v) is 13.0. The van der Waals surface area contributed by atoms with Crippen molar-refractivity contribution in [1.82, 2.24) is 9.97 Å².